The lowest BCUT2D eigenvalue weighted by Crippen LogP contribution is -2.25. The first kappa shape index (κ1) is 18.9. The van der Waals surface area contributed by atoms with E-state index >= 15 is 0 Å². The van der Waals surface area contributed by atoms with Gasteiger partial charge in [-0.25, -0.2) is 4.79 Å². The van der Waals surface area contributed by atoms with Gasteiger partial charge in [0.15, 0.2) is 6.10 Å². The first-order valence-electron chi connectivity index (χ1n) is 7.72. The second-order valence-electron chi connectivity index (χ2n) is 5.38. The minimum Gasteiger partial charge on any atom is -0.497 e. The molecule has 136 valence electrons. The highest BCUT2D eigenvalue weighted by molar-refractivity contribution is 6.02. The Balaban J connectivity index is 2.18. The maximum absolute atomic E-state index is 12.4. The summed E-state index contributed by atoms with van der Waals surface area (Å²) < 4.78 is 10.2. The molecule has 1 N–H and O–H groups in total. The fraction of sp³-hybridized carbons (Fsp3) is 0.222. The number of ether oxygens (including phenoxy) is 2. The van der Waals surface area contributed by atoms with Crippen LogP contribution in [0.2, 0.25) is 0 Å². The Morgan fingerprint density at radius 1 is 1.15 bits per heavy atom. The summed E-state index contributed by atoms with van der Waals surface area (Å²) >= 11 is 0. The van der Waals surface area contributed by atoms with Crippen LogP contribution in [0, 0.1) is 10.1 Å². The van der Waals surface area contributed by atoms with E-state index in [1.807, 2.05) is 0 Å². The molecule has 0 radical (unpaired) electrons. The van der Waals surface area contributed by atoms with Crippen LogP contribution in [0.15, 0.2) is 42.5 Å². The Morgan fingerprint density at radius 3 is 2.35 bits per heavy atom. The van der Waals surface area contributed by atoms with Crippen LogP contribution in [-0.2, 0) is 4.74 Å². The molecular weight excluding hydrogens is 340 g/mol. The molecule has 0 aliphatic heterocycles. The molecule has 0 fully saturated rings. The zero-order valence-electron chi connectivity index (χ0n) is 14.5. The normalized spacial score (nSPS) is 11.3. The van der Waals surface area contributed by atoms with Crippen molar-refractivity contribution in [3.8, 4) is 5.75 Å². The highest BCUT2D eigenvalue weighted by Crippen LogP contribution is 2.23. The van der Waals surface area contributed by atoms with Gasteiger partial charge >= 0.3 is 5.97 Å². The molecule has 0 aliphatic carbocycles. The zero-order valence-corrected chi connectivity index (χ0v) is 14.5. The highest BCUT2D eigenvalue weighted by atomic mass is 16.6. The molecule has 2 rings (SSSR count). The summed E-state index contributed by atoms with van der Waals surface area (Å²) in [7, 11) is 3.09. The Bertz CT molecular complexity index is 832. The molecule has 0 heterocycles. The number of nitrogens with one attached hydrogen (secondary N) is 1. The highest BCUT2D eigenvalue weighted by Gasteiger charge is 2.23. The van der Waals surface area contributed by atoms with Gasteiger partial charge in [-0.1, -0.05) is 0 Å². The first-order valence-corrected chi connectivity index (χ1v) is 7.72. The van der Waals surface area contributed by atoms with Gasteiger partial charge in [0, 0.05) is 30.4 Å². The van der Waals surface area contributed by atoms with Gasteiger partial charge in [0.25, 0.3) is 5.69 Å². The van der Waals surface area contributed by atoms with E-state index in [4.69, 9.17) is 9.47 Å². The SMILES string of the molecule is CNc1ccc([N+](=O)[O-])cc1C(=O)O[C@H](C)C(=O)c1ccc(OC)cc1. The van der Waals surface area contributed by atoms with Crippen LogP contribution in [0.5, 0.6) is 5.75 Å². The largest absolute Gasteiger partial charge is 0.497 e. The predicted molar refractivity (Wildman–Crippen MR) is 94.8 cm³/mol. The Hall–Kier alpha value is -3.42. The lowest BCUT2D eigenvalue weighted by molar-refractivity contribution is -0.384. The zero-order chi connectivity index (χ0) is 19.3. The van der Waals surface area contributed by atoms with Gasteiger partial charge in [0.2, 0.25) is 5.78 Å². The van der Waals surface area contributed by atoms with Crippen molar-refractivity contribution in [2.24, 2.45) is 0 Å². The number of methoxy groups -OCH3 is 1. The Kier molecular flexibility index (Phi) is 5.90. The molecule has 26 heavy (non-hydrogen) atoms. The monoisotopic (exact) mass is 358 g/mol. The fourth-order valence-electron chi connectivity index (χ4n) is 2.30. The maximum atomic E-state index is 12.4. The second kappa shape index (κ2) is 8.11. The van der Waals surface area contributed by atoms with E-state index in [0.29, 0.717) is 17.0 Å². The topological polar surface area (TPSA) is 108 Å². The van der Waals surface area contributed by atoms with E-state index < -0.39 is 22.8 Å². The third-order valence-corrected chi connectivity index (χ3v) is 3.73. The van der Waals surface area contributed by atoms with E-state index in [2.05, 4.69) is 5.32 Å². The van der Waals surface area contributed by atoms with Crippen molar-refractivity contribution in [2.45, 2.75) is 13.0 Å². The number of nitrogens with zero attached hydrogens (tertiary/aromatic N) is 1. The van der Waals surface area contributed by atoms with Crippen LogP contribution < -0.4 is 10.1 Å². The number of nitro groups is 1. The van der Waals surface area contributed by atoms with E-state index in [1.54, 1.807) is 31.3 Å². The standard InChI is InChI=1S/C18H18N2O6/c1-11(17(21)12-4-7-14(25-3)8-5-12)26-18(22)15-10-13(20(23)24)6-9-16(15)19-2/h4-11,19H,1-3H3/t11-/m1/s1. The van der Waals surface area contributed by atoms with Crippen molar-refractivity contribution in [3.05, 3.63) is 63.7 Å². The number of nitro benzene ring substituents is 1. The first-order chi connectivity index (χ1) is 12.4. The molecule has 0 spiro atoms. The van der Waals surface area contributed by atoms with E-state index in [0.717, 1.165) is 6.07 Å². The summed E-state index contributed by atoms with van der Waals surface area (Å²) in [5, 5.41) is 13.7. The third kappa shape index (κ3) is 4.15. The lowest BCUT2D eigenvalue weighted by Gasteiger charge is -2.14. The average molecular weight is 358 g/mol. The van der Waals surface area contributed by atoms with Crippen LogP contribution in [0.25, 0.3) is 0 Å². The minimum absolute atomic E-state index is 0.0175. The summed E-state index contributed by atoms with van der Waals surface area (Å²) in [5.74, 6) is -0.619. The van der Waals surface area contributed by atoms with Gasteiger partial charge in [-0.2, -0.15) is 0 Å². The smallest absolute Gasteiger partial charge is 0.341 e. The van der Waals surface area contributed by atoms with Gasteiger partial charge in [-0.05, 0) is 37.3 Å². The van der Waals surface area contributed by atoms with Crippen LogP contribution in [0.1, 0.15) is 27.6 Å². The van der Waals surface area contributed by atoms with Crippen molar-refractivity contribution in [1.82, 2.24) is 0 Å². The summed E-state index contributed by atoms with van der Waals surface area (Å²) in [6.45, 7) is 1.45. The van der Waals surface area contributed by atoms with Gasteiger partial charge in [-0.15, -0.1) is 0 Å². The Labute approximate surface area is 149 Å². The number of carbonyl (C=O) groups excluding carboxylic acids is 2. The molecule has 2 aromatic rings. The summed E-state index contributed by atoms with van der Waals surface area (Å²) in [4.78, 5) is 35.1. The molecule has 0 aliphatic rings. The summed E-state index contributed by atoms with van der Waals surface area (Å²) in [5.41, 5.74) is 0.463. The molecule has 8 heteroatoms. The van der Waals surface area contributed by atoms with Gasteiger partial charge in [0.1, 0.15) is 5.75 Å². The number of Topliss-reactive ketones (excluding diaryl/α,β-unsaturated/α-hetero) is 1. The second-order valence-corrected chi connectivity index (χ2v) is 5.38. The van der Waals surface area contributed by atoms with Gasteiger partial charge < -0.3 is 14.8 Å². The number of non-ortho nitro benzene ring substituents is 1. The van der Waals surface area contributed by atoms with Crippen molar-refractivity contribution < 1.29 is 24.0 Å². The number of ketones is 1. The number of rotatable bonds is 7. The van der Waals surface area contributed by atoms with Crippen LogP contribution in [0.3, 0.4) is 0 Å². The number of benzene rings is 2. The van der Waals surface area contributed by atoms with Crippen LogP contribution in [-0.4, -0.2) is 36.9 Å². The fourth-order valence-corrected chi connectivity index (χ4v) is 2.30. The van der Waals surface area contributed by atoms with Crippen LogP contribution >= 0.6 is 0 Å². The molecular formula is C18H18N2O6. The summed E-state index contributed by atoms with van der Waals surface area (Å²) in [6.07, 6.45) is -1.06. The van der Waals surface area contributed by atoms with Gasteiger partial charge in [-0.3, -0.25) is 14.9 Å². The summed E-state index contributed by atoms with van der Waals surface area (Å²) in [6, 6.07) is 10.2. The predicted octanol–water partition coefficient (Wildman–Crippen LogP) is 3.07. The lowest BCUT2D eigenvalue weighted by atomic mass is 10.1. The van der Waals surface area contributed by atoms with Gasteiger partial charge in [0.05, 0.1) is 17.6 Å². The number of esters is 1. The molecule has 0 saturated carbocycles. The van der Waals surface area contributed by atoms with Crippen LogP contribution in [0.4, 0.5) is 11.4 Å². The van der Waals surface area contributed by atoms with E-state index in [-0.39, 0.29) is 11.3 Å². The Morgan fingerprint density at radius 2 is 1.81 bits per heavy atom. The number of hydrogen-bond donors (Lipinski definition) is 1. The molecule has 0 unspecified atom stereocenters. The third-order valence-electron chi connectivity index (χ3n) is 3.73. The van der Waals surface area contributed by atoms with Crippen molar-refractivity contribution in [2.75, 3.05) is 19.5 Å². The number of hydrogen-bond acceptors (Lipinski definition) is 7. The van der Waals surface area contributed by atoms with Crippen molar-refractivity contribution >= 4 is 23.1 Å². The molecule has 1 atom stereocenters. The molecule has 8 nitrogen and oxygen atoms in total. The van der Waals surface area contributed by atoms with Crippen molar-refractivity contribution in [1.29, 1.82) is 0 Å². The molecule has 0 saturated heterocycles. The molecule has 0 bridgehead atoms. The maximum Gasteiger partial charge on any atom is 0.341 e. The molecule has 0 amide bonds. The number of carbonyl (C=O) groups is 2. The molecule has 0 aromatic heterocycles. The van der Waals surface area contributed by atoms with E-state index in [1.165, 1.54) is 26.2 Å². The minimum atomic E-state index is -1.06. The average Bonchev–Trinajstić information content (AvgIpc) is 2.66. The molecule has 2 aromatic carbocycles. The number of anilines is 1. The van der Waals surface area contributed by atoms with E-state index in [9.17, 15) is 19.7 Å². The quantitative estimate of drug-likeness (QED) is 0.351. The van der Waals surface area contributed by atoms with Crippen molar-refractivity contribution in [3.63, 3.8) is 0 Å².